The van der Waals surface area contributed by atoms with Crippen LogP contribution < -0.4 is 4.90 Å². The molecule has 1 aliphatic rings. The third-order valence-electron chi connectivity index (χ3n) is 5.13. The second-order valence-electron chi connectivity index (χ2n) is 7.01. The lowest BCUT2D eigenvalue weighted by Gasteiger charge is -2.26. The van der Waals surface area contributed by atoms with Gasteiger partial charge in [0.25, 0.3) is 11.7 Å². The fourth-order valence-corrected chi connectivity index (χ4v) is 3.80. The Bertz CT molecular complexity index is 1190. The molecule has 1 amide bonds. The number of Topliss-reactive ketones (excluding diaryl/α,β-unsaturated/α-hetero) is 1. The molecule has 0 radical (unpaired) electrons. The van der Waals surface area contributed by atoms with Crippen molar-refractivity contribution < 1.29 is 19.1 Å². The summed E-state index contributed by atoms with van der Waals surface area (Å²) in [6.45, 7) is 1.85. The van der Waals surface area contributed by atoms with Gasteiger partial charge in [0.1, 0.15) is 11.6 Å². The van der Waals surface area contributed by atoms with Gasteiger partial charge in [0.15, 0.2) is 0 Å². The number of rotatable bonds is 3. The number of aryl methyl sites for hydroxylation is 1. The van der Waals surface area contributed by atoms with Gasteiger partial charge < -0.3 is 5.11 Å². The van der Waals surface area contributed by atoms with E-state index in [4.69, 9.17) is 11.6 Å². The van der Waals surface area contributed by atoms with Crippen molar-refractivity contribution in [2.75, 3.05) is 4.90 Å². The number of hydrogen-bond acceptors (Lipinski definition) is 3. The third-order valence-corrected chi connectivity index (χ3v) is 5.38. The van der Waals surface area contributed by atoms with E-state index in [-0.39, 0.29) is 17.0 Å². The number of hydrogen-bond donors (Lipinski definition) is 1. The standard InChI is InChI=1S/C24H17ClFNO3/c1-14-5-2-3-8-19(14)21-20(22(28)15-9-11-16(25)12-10-15)23(29)24(30)27(21)18-7-4-6-17(26)13-18/h2-13,21,28H,1H3/b22-20+. The molecule has 1 fully saturated rings. The van der Waals surface area contributed by atoms with E-state index in [1.165, 1.54) is 23.1 Å². The van der Waals surface area contributed by atoms with Crippen LogP contribution in [-0.2, 0) is 9.59 Å². The molecule has 0 saturated carbocycles. The number of amides is 1. The highest BCUT2D eigenvalue weighted by Crippen LogP contribution is 2.43. The molecule has 1 aliphatic heterocycles. The van der Waals surface area contributed by atoms with Gasteiger partial charge in [0.2, 0.25) is 0 Å². The highest BCUT2D eigenvalue weighted by atomic mass is 35.5. The van der Waals surface area contributed by atoms with Crippen LogP contribution in [0.1, 0.15) is 22.7 Å². The Balaban J connectivity index is 1.98. The summed E-state index contributed by atoms with van der Waals surface area (Å²) in [5, 5.41) is 11.5. The summed E-state index contributed by atoms with van der Waals surface area (Å²) < 4.78 is 13.9. The molecular formula is C24H17ClFNO3. The number of ketones is 1. The SMILES string of the molecule is Cc1ccccc1C1/C(=C(\O)c2ccc(Cl)cc2)C(=O)C(=O)N1c1cccc(F)c1. The van der Waals surface area contributed by atoms with Gasteiger partial charge in [-0.3, -0.25) is 14.5 Å². The Hall–Kier alpha value is -3.44. The molecule has 1 atom stereocenters. The Morgan fingerprint density at radius 2 is 1.70 bits per heavy atom. The molecule has 3 aromatic rings. The van der Waals surface area contributed by atoms with Gasteiger partial charge in [0, 0.05) is 16.3 Å². The lowest BCUT2D eigenvalue weighted by atomic mass is 9.92. The largest absolute Gasteiger partial charge is 0.507 e. The minimum Gasteiger partial charge on any atom is -0.507 e. The number of halogens is 2. The molecule has 1 unspecified atom stereocenters. The van der Waals surface area contributed by atoms with Crippen molar-refractivity contribution in [3.05, 3.63) is 106 Å². The fourth-order valence-electron chi connectivity index (χ4n) is 3.68. The quantitative estimate of drug-likeness (QED) is 0.349. The Morgan fingerprint density at radius 3 is 2.37 bits per heavy atom. The third kappa shape index (κ3) is 3.37. The van der Waals surface area contributed by atoms with E-state index < -0.39 is 23.5 Å². The molecule has 1 N–H and O–H groups in total. The van der Waals surface area contributed by atoms with Gasteiger partial charge in [-0.25, -0.2) is 4.39 Å². The maximum absolute atomic E-state index is 13.9. The molecule has 0 aromatic heterocycles. The predicted octanol–water partition coefficient (Wildman–Crippen LogP) is 5.41. The van der Waals surface area contributed by atoms with Crippen LogP contribution >= 0.6 is 11.6 Å². The van der Waals surface area contributed by atoms with Crippen molar-refractivity contribution in [3.63, 3.8) is 0 Å². The van der Waals surface area contributed by atoms with Crippen LogP contribution in [0.5, 0.6) is 0 Å². The molecule has 0 bridgehead atoms. The van der Waals surface area contributed by atoms with E-state index in [0.717, 1.165) is 5.56 Å². The number of aliphatic hydroxyl groups is 1. The van der Waals surface area contributed by atoms with Gasteiger partial charge in [-0.05, 0) is 60.5 Å². The summed E-state index contributed by atoms with van der Waals surface area (Å²) in [6, 6.07) is 18.2. The van der Waals surface area contributed by atoms with Crippen LogP contribution in [0.3, 0.4) is 0 Å². The highest BCUT2D eigenvalue weighted by Gasteiger charge is 2.47. The summed E-state index contributed by atoms with van der Waals surface area (Å²) in [5.74, 6) is -2.50. The van der Waals surface area contributed by atoms with E-state index in [2.05, 4.69) is 0 Å². The zero-order valence-electron chi connectivity index (χ0n) is 16.0. The molecule has 4 nitrogen and oxygen atoms in total. The van der Waals surface area contributed by atoms with Gasteiger partial charge in [0.05, 0.1) is 11.6 Å². The minimum absolute atomic E-state index is 0.0547. The first-order valence-corrected chi connectivity index (χ1v) is 9.64. The number of carbonyl (C=O) groups excluding carboxylic acids is 2. The molecule has 150 valence electrons. The van der Waals surface area contributed by atoms with Gasteiger partial charge in [-0.1, -0.05) is 41.9 Å². The number of nitrogens with zero attached hydrogens (tertiary/aromatic N) is 1. The maximum Gasteiger partial charge on any atom is 0.300 e. The van der Waals surface area contributed by atoms with Gasteiger partial charge in [-0.15, -0.1) is 0 Å². The number of aliphatic hydroxyl groups excluding tert-OH is 1. The van der Waals surface area contributed by atoms with E-state index in [1.54, 1.807) is 42.5 Å². The van der Waals surface area contributed by atoms with Gasteiger partial charge in [-0.2, -0.15) is 0 Å². The minimum atomic E-state index is -0.899. The summed E-state index contributed by atoms with van der Waals surface area (Å²) in [4.78, 5) is 27.3. The lowest BCUT2D eigenvalue weighted by Crippen LogP contribution is -2.29. The Morgan fingerprint density at radius 1 is 1.00 bits per heavy atom. The summed E-state index contributed by atoms with van der Waals surface area (Å²) in [5.41, 5.74) is 2.03. The molecule has 0 aliphatic carbocycles. The van der Waals surface area contributed by atoms with Crippen LogP contribution in [0.4, 0.5) is 10.1 Å². The average Bonchev–Trinajstić information content (AvgIpc) is 2.99. The molecular weight excluding hydrogens is 405 g/mol. The summed E-state index contributed by atoms with van der Waals surface area (Å²) in [7, 11) is 0. The van der Waals surface area contributed by atoms with Gasteiger partial charge >= 0.3 is 0 Å². The van der Waals surface area contributed by atoms with Crippen molar-refractivity contribution in [1.29, 1.82) is 0 Å². The second-order valence-corrected chi connectivity index (χ2v) is 7.45. The van der Waals surface area contributed by atoms with Crippen molar-refractivity contribution in [2.24, 2.45) is 0 Å². The normalized spacial score (nSPS) is 18.1. The molecule has 30 heavy (non-hydrogen) atoms. The van der Waals surface area contributed by atoms with E-state index >= 15 is 0 Å². The summed E-state index contributed by atoms with van der Waals surface area (Å²) in [6.07, 6.45) is 0. The first kappa shape index (κ1) is 19.9. The van der Waals surface area contributed by atoms with Crippen LogP contribution in [0, 0.1) is 12.7 Å². The smallest absolute Gasteiger partial charge is 0.300 e. The maximum atomic E-state index is 13.9. The van der Waals surface area contributed by atoms with Crippen LogP contribution in [0.15, 0.2) is 78.4 Å². The van der Waals surface area contributed by atoms with E-state index in [1.807, 2.05) is 19.1 Å². The molecule has 1 heterocycles. The topological polar surface area (TPSA) is 57.6 Å². The molecule has 0 spiro atoms. The first-order chi connectivity index (χ1) is 14.4. The molecule has 1 saturated heterocycles. The Labute approximate surface area is 177 Å². The second kappa shape index (κ2) is 7.76. The van der Waals surface area contributed by atoms with Crippen molar-refractivity contribution in [2.45, 2.75) is 13.0 Å². The van der Waals surface area contributed by atoms with Crippen LogP contribution in [-0.4, -0.2) is 16.8 Å². The lowest BCUT2D eigenvalue weighted by molar-refractivity contribution is -0.132. The highest BCUT2D eigenvalue weighted by molar-refractivity contribution is 6.51. The number of benzene rings is 3. The van der Waals surface area contributed by atoms with Crippen molar-refractivity contribution in [3.8, 4) is 0 Å². The molecule has 4 rings (SSSR count). The summed E-state index contributed by atoms with van der Waals surface area (Å²) >= 11 is 5.93. The molecule has 3 aromatic carbocycles. The zero-order chi connectivity index (χ0) is 21.4. The Kier molecular flexibility index (Phi) is 5.14. The fraction of sp³-hybridized carbons (Fsp3) is 0.0833. The number of carbonyl (C=O) groups is 2. The monoisotopic (exact) mass is 421 g/mol. The van der Waals surface area contributed by atoms with Crippen LogP contribution in [0.25, 0.3) is 5.76 Å². The van der Waals surface area contributed by atoms with E-state index in [9.17, 15) is 19.1 Å². The first-order valence-electron chi connectivity index (χ1n) is 9.26. The average molecular weight is 422 g/mol. The van der Waals surface area contributed by atoms with Crippen LogP contribution in [0.2, 0.25) is 5.02 Å². The number of anilines is 1. The van der Waals surface area contributed by atoms with Crippen molar-refractivity contribution in [1.82, 2.24) is 0 Å². The van der Waals surface area contributed by atoms with Crippen molar-refractivity contribution >= 4 is 34.7 Å². The zero-order valence-corrected chi connectivity index (χ0v) is 16.7. The molecule has 6 heteroatoms. The van der Waals surface area contributed by atoms with E-state index in [0.29, 0.717) is 16.1 Å². The predicted molar refractivity (Wildman–Crippen MR) is 114 cm³/mol.